The van der Waals surface area contributed by atoms with Crippen LogP contribution in [0.25, 0.3) is 0 Å². The van der Waals surface area contributed by atoms with Crippen molar-refractivity contribution in [3.63, 3.8) is 0 Å². The van der Waals surface area contributed by atoms with Crippen molar-refractivity contribution >= 4 is 12.2 Å². The highest BCUT2D eigenvalue weighted by atomic mass is 16.6. The summed E-state index contributed by atoms with van der Waals surface area (Å²) in [7, 11) is 0. The molecule has 2 fully saturated rings. The van der Waals surface area contributed by atoms with Crippen LogP contribution in [0.15, 0.2) is 0 Å². The molecule has 7 heteroatoms. The zero-order valence-electron chi connectivity index (χ0n) is 10.4. The van der Waals surface area contributed by atoms with Crippen molar-refractivity contribution < 1.29 is 19.1 Å². The number of carbonyl (C=O) groups excluding carboxylic acids is 2. The van der Waals surface area contributed by atoms with Crippen molar-refractivity contribution in [3.05, 3.63) is 0 Å². The summed E-state index contributed by atoms with van der Waals surface area (Å²) in [5.74, 6) is 4.98. The summed E-state index contributed by atoms with van der Waals surface area (Å²) < 4.78 is 10.2. The van der Waals surface area contributed by atoms with Crippen molar-refractivity contribution in [3.8, 4) is 0 Å². The Morgan fingerprint density at radius 1 is 1.33 bits per heavy atom. The Morgan fingerprint density at radius 3 is 2.44 bits per heavy atom. The van der Waals surface area contributed by atoms with E-state index < -0.39 is 6.09 Å². The summed E-state index contributed by atoms with van der Waals surface area (Å²) >= 11 is 0. The second kappa shape index (κ2) is 5.43. The normalized spacial score (nSPS) is 29.9. The van der Waals surface area contributed by atoms with Gasteiger partial charge in [0.05, 0.1) is 6.61 Å². The fraction of sp³-hybridized carbons (Fsp3) is 0.818. The van der Waals surface area contributed by atoms with Gasteiger partial charge in [0, 0.05) is 24.9 Å². The third-order valence-corrected chi connectivity index (χ3v) is 3.56. The highest BCUT2D eigenvalue weighted by Gasteiger charge is 2.45. The SMILES string of the molecule is CCOC(=O)N1C2CCC1CC(OC(=O)NN)C2. The minimum Gasteiger partial charge on any atom is -0.450 e. The molecule has 102 valence electrons. The van der Waals surface area contributed by atoms with Gasteiger partial charge < -0.3 is 14.4 Å². The van der Waals surface area contributed by atoms with Crippen LogP contribution < -0.4 is 11.3 Å². The number of hydrogen-bond acceptors (Lipinski definition) is 5. The molecule has 18 heavy (non-hydrogen) atoms. The molecule has 7 nitrogen and oxygen atoms in total. The van der Waals surface area contributed by atoms with Crippen LogP contribution in [0.2, 0.25) is 0 Å². The molecule has 2 rings (SSSR count). The minimum atomic E-state index is -0.621. The fourth-order valence-corrected chi connectivity index (χ4v) is 2.90. The smallest absolute Gasteiger partial charge is 0.421 e. The number of carbonyl (C=O) groups is 2. The van der Waals surface area contributed by atoms with Gasteiger partial charge in [-0.15, -0.1) is 0 Å². The number of nitrogens with zero attached hydrogens (tertiary/aromatic N) is 1. The lowest BCUT2D eigenvalue weighted by Crippen LogP contribution is -2.49. The van der Waals surface area contributed by atoms with Crippen molar-refractivity contribution in [2.45, 2.75) is 50.8 Å². The molecular weight excluding hydrogens is 238 g/mol. The molecule has 2 aliphatic rings. The molecule has 0 aromatic rings. The van der Waals surface area contributed by atoms with Gasteiger partial charge in [-0.2, -0.15) is 0 Å². The van der Waals surface area contributed by atoms with Crippen LogP contribution in [0.3, 0.4) is 0 Å². The molecule has 0 aromatic carbocycles. The average Bonchev–Trinajstić information content (AvgIpc) is 2.61. The molecule has 2 amide bonds. The molecule has 2 aliphatic heterocycles. The van der Waals surface area contributed by atoms with Crippen molar-refractivity contribution in [1.82, 2.24) is 10.3 Å². The molecule has 0 aliphatic carbocycles. The lowest BCUT2D eigenvalue weighted by Gasteiger charge is -2.37. The Morgan fingerprint density at radius 2 is 1.94 bits per heavy atom. The van der Waals surface area contributed by atoms with Crippen molar-refractivity contribution in [1.29, 1.82) is 0 Å². The fourth-order valence-electron chi connectivity index (χ4n) is 2.90. The van der Waals surface area contributed by atoms with E-state index in [9.17, 15) is 9.59 Å². The number of hydrogen-bond donors (Lipinski definition) is 2. The molecular formula is C11H19N3O4. The molecule has 2 unspecified atom stereocenters. The van der Waals surface area contributed by atoms with Gasteiger partial charge in [-0.1, -0.05) is 0 Å². The molecule has 2 atom stereocenters. The lowest BCUT2D eigenvalue weighted by atomic mass is 10.0. The number of rotatable bonds is 2. The quantitative estimate of drug-likeness (QED) is 0.432. The second-order valence-electron chi connectivity index (χ2n) is 4.63. The number of nitrogens with one attached hydrogen (secondary N) is 1. The largest absolute Gasteiger partial charge is 0.450 e. The Kier molecular flexibility index (Phi) is 3.90. The maximum atomic E-state index is 11.8. The van der Waals surface area contributed by atoms with Gasteiger partial charge in [0.15, 0.2) is 0 Å². The number of fused-ring (bicyclic) bond motifs is 2. The highest BCUT2D eigenvalue weighted by molar-refractivity contribution is 5.69. The van der Waals surface area contributed by atoms with Crippen LogP contribution in [-0.2, 0) is 9.47 Å². The van der Waals surface area contributed by atoms with E-state index in [0.717, 1.165) is 12.8 Å². The van der Waals surface area contributed by atoms with E-state index in [4.69, 9.17) is 15.3 Å². The van der Waals surface area contributed by atoms with E-state index in [2.05, 4.69) is 0 Å². The standard InChI is InChI=1S/C11H19N3O4/c1-2-17-11(16)14-7-3-4-8(14)6-9(5-7)18-10(15)13-12/h7-9H,2-6,12H2,1H3,(H,13,15). The molecule has 0 spiro atoms. The van der Waals surface area contributed by atoms with E-state index in [0.29, 0.717) is 19.4 Å². The molecule has 0 radical (unpaired) electrons. The summed E-state index contributed by atoms with van der Waals surface area (Å²) in [5, 5.41) is 0. The molecule has 0 aromatic heterocycles. The van der Waals surface area contributed by atoms with Gasteiger partial charge in [-0.25, -0.2) is 15.4 Å². The van der Waals surface area contributed by atoms with E-state index >= 15 is 0 Å². The Balaban J connectivity index is 1.94. The topological polar surface area (TPSA) is 93.9 Å². The monoisotopic (exact) mass is 257 g/mol. The Labute approximate surface area is 106 Å². The van der Waals surface area contributed by atoms with Gasteiger partial charge in [0.25, 0.3) is 0 Å². The summed E-state index contributed by atoms with van der Waals surface area (Å²) in [6.45, 7) is 2.17. The third-order valence-electron chi connectivity index (χ3n) is 3.56. The molecule has 3 N–H and O–H groups in total. The van der Waals surface area contributed by atoms with Crippen LogP contribution in [0.5, 0.6) is 0 Å². The van der Waals surface area contributed by atoms with E-state index in [1.54, 1.807) is 11.8 Å². The predicted octanol–water partition coefficient (Wildman–Crippen LogP) is 0.738. The number of amides is 2. The zero-order chi connectivity index (χ0) is 13.1. The predicted molar refractivity (Wildman–Crippen MR) is 62.5 cm³/mol. The first-order chi connectivity index (χ1) is 8.65. The summed E-state index contributed by atoms with van der Waals surface area (Å²) in [5.41, 5.74) is 1.95. The van der Waals surface area contributed by atoms with Crippen molar-refractivity contribution in [2.24, 2.45) is 5.84 Å². The Hall–Kier alpha value is -1.50. The van der Waals surface area contributed by atoms with Crippen molar-refractivity contribution in [2.75, 3.05) is 6.61 Å². The van der Waals surface area contributed by atoms with Gasteiger partial charge in [-0.05, 0) is 19.8 Å². The highest BCUT2D eigenvalue weighted by Crippen LogP contribution is 2.37. The van der Waals surface area contributed by atoms with E-state index in [1.807, 2.05) is 5.43 Å². The maximum Gasteiger partial charge on any atom is 0.421 e. The van der Waals surface area contributed by atoms with Crippen LogP contribution in [0.4, 0.5) is 9.59 Å². The van der Waals surface area contributed by atoms with Crippen LogP contribution in [0, 0.1) is 0 Å². The molecule has 0 saturated carbocycles. The maximum absolute atomic E-state index is 11.8. The van der Waals surface area contributed by atoms with Crippen LogP contribution in [0.1, 0.15) is 32.6 Å². The summed E-state index contributed by atoms with van der Waals surface area (Å²) in [6, 6.07) is 0.219. The van der Waals surface area contributed by atoms with Gasteiger partial charge in [0.2, 0.25) is 0 Å². The summed E-state index contributed by atoms with van der Waals surface area (Å²) in [6.07, 6.45) is 2.14. The minimum absolute atomic E-state index is 0.110. The molecule has 2 heterocycles. The van der Waals surface area contributed by atoms with E-state index in [-0.39, 0.29) is 24.3 Å². The number of piperidine rings is 1. The first-order valence-electron chi connectivity index (χ1n) is 6.28. The number of hydrazine groups is 1. The van der Waals surface area contributed by atoms with E-state index in [1.165, 1.54) is 0 Å². The zero-order valence-corrected chi connectivity index (χ0v) is 10.4. The lowest BCUT2D eigenvalue weighted by molar-refractivity contribution is 0.0142. The third kappa shape index (κ3) is 2.50. The first kappa shape index (κ1) is 12.9. The van der Waals surface area contributed by atoms with Gasteiger partial charge in [-0.3, -0.25) is 5.43 Å². The second-order valence-corrected chi connectivity index (χ2v) is 4.63. The number of ether oxygens (including phenoxy) is 2. The molecule has 2 bridgehead atoms. The van der Waals surface area contributed by atoms with Crippen LogP contribution in [-0.4, -0.2) is 41.9 Å². The molecule has 2 saturated heterocycles. The van der Waals surface area contributed by atoms with Gasteiger partial charge in [0.1, 0.15) is 6.10 Å². The van der Waals surface area contributed by atoms with Crippen LogP contribution >= 0.6 is 0 Å². The average molecular weight is 257 g/mol. The van der Waals surface area contributed by atoms with Gasteiger partial charge >= 0.3 is 12.2 Å². The Bertz CT molecular complexity index is 322. The number of nitrogens with two attached hydrogens (primary N) is 1. The first-order valence-corrected chi connectivity index (χ1v) is 6.28. The summed E-state index contributed by atoms with van der Waals surface area (Å²) in [4.78, 5) is 24.7.